The highest BCUT2D eigenvalue weighted by molar-refractivity contribution is 5.87. The number of carboxylic acids is 1. The van der Waals surface area contributed by atoms with E-state index in [4.69, 9.17) is 9.40 Å². The number of carbonyl (C=O) groups is 1. The predicted octanol–water partition coefficient (Wildman–Crippen LogP) is 6.83. The lowest BCUT2D eigenvalue weighted by atomic mass is 9.89. The Morgan fingerprint density at radius 1 is 0.906 bits per heavy atom. The monoisotopic (exact) mass is 423 g/mol. The minimum atomic E-state index is -0.887. The molecule has 32 heavy (non-hydrogen) atoms. The average molecular weight is 424 g/mol. The molecule has 0 saturated heterocycles. The van der Waals surface area contributed by atoms with Crippen LogP contribution in [0.5, 0.6) is 0 Å². The van der Waals surface area contributed by atoms with Crippen molar-refractivity contribution in [3.05, 3.63) is 102 Å². The van der Waals surface area contributed by atoms with Gasteiger partial charge in [0, 0.05) is 17.0 Å². The van der Waals surface area contributed by atoms with E-state index in [1.807, 2.05) is 48.5 Å². The average Bonchev–Trinajstić information content (AvgIpc) is 3.47. The van der Waals surface area contributed by atoms with Gasteiger partial charge in [-0.2, -0.15) is 0 Å². The van der Waals surface area contributed by atoms with E-state index in [9.17, 15) is 9.90 Å². The molecule has 160 valence electrons. The number of aromatic nitrogens is 1. The summed E-state index contributed by atoms with van der Waals surface area (Å²) < 4.78 is 6.46. The van der Waals surface area contributed by atoms with Gasteiger partial charge >= 0.3 is 5.97 Å². The normalized spacial score (nSPS) is 18.0. The van der Waals surface area contributed by atoms with Gasteiger partial charge in [0.1, 0.15) is 5.69 Å². The van der Waals surface area contributed by atoms with E-state index in [-0.39, 0.29) is 5.92 Å². The minimum absolute atomic E-state index is 0.225. The van der Waals surface area contributed by atoms with Crippen LogP contribution in [0.4, 0.5) is 0 Å². The zero-order valence-electron chi connectivity index (χ0n) is 17.8. The quantitative estimate of drug-likeness (QED) is 0.369. The highest BCUT2D eigenvalue weighted by Crippen LogP contribution is 2.44. The van der Waals surface area contributed by atoms with Crippen molar-refractivity contribution in [2.24, 2.45) is 5.92 Å². The number of hydrogen-bond acceptors (Lipinski definition) is 3. The maximum atomic E-state index is 11.4. The first-order valence-corrected chi connectivity index (χ1v) is 11.1. The van der Waals surface area contributed by atoms with Crippen LogP contribution >= 0.6 is 0 Å². The van der Waals surface area contributed by atoms with Crippen molar-refractivity contribution >= 4 is 5.97 Å². The van der Waals surface area contributed by atoms with Gasteiger partial charge in [-0.25, -0.2) is 9.78 Å². The van der Waals surface area contributed by atoms with Crippen molar-refractivity contribution in [2.75, 3.05) is 0 Å². The summed E-state index contributed by atoms with van der Waals surface area (Å²) in [4.78, 5) is 16.4. The first kappa shape index (κ1) is 20.3. The number of rotatable bonds is 6. The Labute approximate surface area is 187 Å². The molecular weight excluding hydrogens is 398 g/mol. The first-order valence-electron chi connectivity index (χ1n) is 11.1. The second-order valence-electron chi connectivity index (χ2n) is 8.47. The third-order valence-electron chi connectivity index (χ3n) is 6.38. The Morgan fingerprint density at radius 3 is 2.34 bits per heavy atom. The van der Waals surface area contributed by atoms with Gasteiger partial charge in [0.2, 0.25) is 0 Å². The van der Waals surface area contributed by atoms with Crippen molar-refractivity contribution < 1.29 is 14.3 Å². The molecule has 4 heteroatoms. The molecule has 4 aromatic rings. The van der Waals surface area contributed by atoms with Crippen LogP contribution in [0.25, 0.3) is 22.6 Å². The molecular formula is C28H25NO3. The van der Waals surface area contributed by atoms with Gasteiger partial charge in [0.25, 0.3) is 0 Å². The van der Waals surface area contributed by atoms with Crippen LogP contribution in [0.2, 0.25) is 0 Å². The molecule has 1 fully saturated rings. The summed E-state index contributed by atoms with van der Waals surface area (Å²) in [6.07, 6.45) is 4.07. The zero-order chi connectivity index (χ0) is 21.9. The molecule has 3 aromatic carbocycles. The van der Waals surface area contributed by atoms with E-state index in [0.717, 1.165) is 59.7 Å². The van der Waals surface area contributed by atoms with Crippen LogP contribution in [0.1, 0.15) is 47.0 Å². The fourth-order valence-corrected chi connectivity index (χ4v) is 4.81. The summed E-state index contributed by atoms with van der Waals surface area (Å²) in [7, 11) is 0. The summed E-state index contributed by atoms with van der Waals surface area (Å²) in [5.74, 6) is 1.32. The Morgan fingerprint density at radius 2 is 1.62 bits per heavy atom. The van der Waals surface area contributed by atoms with E-state index in [2.05, 4.69) is 24.3 Å². The zero-order valence-corrected chi connectivity index (χ0v) is 17.8. The number of hydrogen-bond donors (Lipinski definition) is 1. The molecule has 0 spiro atoms. The fraction of sp³-hybridized carbons (Fsp3) is 0.214. The first-order chi connectivity index (χ1) is 15.7. The van der Waals surface area contributed by atoms with E-state index in [1.165, 1.54) is 0 Å². The molecule has 1 N–H and O–H groups in total. The summed E-state index contributed by atoms with van der Waals surface area (Å²) in [6, 6.07) is 27.6. The maximum absolute atomic E-state index is 11.4. The van der Waals surface area contributed by atoms with Gasteiger partial charge in [-0.05, 0) is 42.9 Å². The Balaban J connectivity index is 1.49. The molecule has 0 aliphatic heterocycles. The van der Waals surface area contributed by atoms with Crippen molar-refractivity contribution in [2.45, 2.75) is 31.6 Å². The molecule has 1 saturated carbocycles. The summed E-state index contributed by atoms with van der Waals surface area (Å²) in [5, 5.41) is 9.32. The van der Waals surface area contributed by atoms with Crippen molar-refractivity contribution in [3.8, 4) is 22.6 Å². The molecule has 1 heterocycles. The van der Waals surface area contributed by atoms with Gasteiger partial charge in [-0.15, -0.1) is 0 Å². The third-order valence-corrected chi connectivity index (χ3v) is 6.38. The molecule has 1 aliphatic carbocycles. The molecule has 1 aromatic heterocycles. The van der Waals surface area contributed by atoms with Crippen LogP contribution in [-0.2, 0) is 6.42 Å². The number of nitrogens with zero attached hydrogens (tertiary/aromatic N) is 1. The summed E-state index contributed by atoms with van der Waals surface area (Å²) in [5.41, 5.74) is 4.34. The lowest BCUT2D eigenvalue weighted by Gasteiger charge is -2.17. The predicted molar refractivity (Wildman–Crippen MR) is 125 cm³/mol. The van der Waals surface area contributed by atoms with E-state index < -0.39 is 5.97 Å². The van der Waals surface area contributed by atoms with Gasteiger partial charge < -0.3 is 9.52 Å². The van der Waals surface area contributed by atoms with Gasteiger partial charge in [0.15, 0.2) is 11.7 Å². The van der Waals surface area contributed by atoms with Gasteiger partial charge in [0.05, 0.1) is 5.56 Å². The number of benzene rings is 3. The SMILES string of the molecule is O=C(O)c1cccc(CC2CCCC2c2nc(-c3ccccc3)c(-c3ccccc3)o2)c1. The van der Waals surface area contributed by atoms with Crippen molar-refractivity contribution in [3.63, 3.8) is 0 Å². The van der Waals surface area contributed by atoms with Crippen LogP contribution in [0.15, 0.2) is 89.3 Å². The van der Waals surface area contributed by atoms with Crippen molar-refractivity contribution in [1.29, 1.82) is 0 Å². The van der Waals surface area contributed by atoms with Crippen molar-refractivity contribution in [1.82, 2.24) is 4.98 Å². The van der Waals surface area contributed by atoms with Gasteiger partial charge in [-0.3, -0.25) is 0 Å². The van der Waals surface area contributed by atoms with E-state index in [0.29, 0.717) is 11.5 Å². The van der Waals surface area contributed by atoms with E-state index >= 15 is 0 Å². The third kappa shape index (κ3) is 4.09. The smallest absolute Gasteiger partial charge is 0.335 e. The number of aromatic carboxylic acids is 1. The maximum Gasteiger partial charge on any atom is 0.335 e. The molecule has 2 atom stereocenters. The molecule has 2 unspecified atom stereocenters. The highest BCUT2D eigenvalue weighted by Gasteiger charge is 2.33. The lowest BCUT2D eigenvalue weighted by molar-refractivity contribution is 0.0696. The second kappa shape index (κ2) is 8.83. The molecule has 4 nitrogen and oxygen atoms in total. The van der Waals surface area contributed by atoms with Crippen LogP contribution in [0, 0.1) is 5.92 Å². The molecule has 0 bridgehead atoms. The highest BCUT2D eigenvalue weighted by atomic mass is 16.4. The Hall–Kier alpha value is -3.66. The van der Waals surface area contributed by atoms with Crippen LogP contribution < -0.4 is 0 Å². The fourth-order valence-electron chi connectivity index (χ4n) is 4.81. The van der Waals surface area contributed by atoms with E-state index in [1.54, 1.807) is 12.1 Å². The minimum Gasteiger partial charge on any atom is -0.478 e. The molecule has 0 radical (unpaired) electrons. The molecule has 0 amide bonds. The summed E-state index contributed by atoms with van der Waals surface area (Å²) in [6.45, 7) is 0. The number of oxazole rings is 1. The Bertz CT molecular complexity index is 1160. The lowest BCUT2D eigenvalue weighted by Crippen LogP contribution is -2.10. The standard InChI is InChI=1S/C28H25NO3/c30-28(31)23-15-7-9-19(18-23)17-22-14-8-16-24(22)27-29-25(20-10-3-1-4-11-20)26(32-27)21-12-5-2-6-13-21/h1-7,9-13,15,18,22,24H,8,14,16-17H2,(H,30,31). The van der Waals surface area contributed by atoms with Gasteiger partial charge in [-0.1, -0.05) is 79.2 Å². The largest absolute Gasteiger partial charge is 0.478 e. The molecule has 5 rings (SSSR count). The summed E-state index contributed by atoms with van der Waals surface area (Å²) >= 11 is 0. The topological polar surface area (TPSA) is 63.3 Å². The molecule has 1 aliphatic rings. The second-order valence-corrected chi connectivity index (χ2v) is 8.47. The Kier molecular flexibility index (Phi) is 5.59. The van der Waals surface area contributed by atoms with Crippen LogP contribution in [0.3, 0.4) is 0 Å². The van der Waals surface area contributed by atoms with Crippen LogP contribution in [-0.4, -0.2) is 16.1 Å². The number of carboxylic acid groups (broad SMARTS) is 1.